The first-order valence-corrected chi connectivity index (χ1v) is 8.97. The molecule has 0 radical (unpaired) electrons. The molecule has 142 valence electrons. The summed E-state index contributed by atoms with van der Waals surface area (Å²) < 4.78 is 10.5. The van der Waals surface area contributed by atoms with Gasteiger partial charge >= 0.3 is 12.0 Å². The van der Waals surface area contributed by atoms with Crippen molar-refractivity contribution in [2.24, 2.45) is 0 Å². The molecule has 1 fully saturated rings. The molecule has 7 nitrogen and oxygen atoms in total. The summed E-state index contributed by atoms with van der Waals surface area (Å²) in [5, 5.41) is 5.39. The molecule has 0 saturated heterocycles. The van der Waals surface area contributed by atoms with Gasteiger partial charge in [-0.15, -0.1) is 0 Å². The second-order valence-electron chi connectivity index (χ2n) is 6.24. The number of hydrogen-bond acceptors (Lipinski definition) is 5. The summed E-state index contributed by atoms with van der Waals surface area (Å²) in [5.41, 5.74) is 0. The quantitative estimate of drug-likeness (QED) is 0.738. The van der Waals surface area contributed by atoms with Crippen LogP contribution in [0.3, 0.4) is 0 Å². The molecule has 0 heterocycles. The van der Waals surface area contributed by atoms with Gasteiger partial charge in [-0.2, -0.15) is 0 Å². The molecule has 1 saturated carbocycles. The first kappa shape index (κ1) is 20.0. The molecule has 26 heavy (non-hydrogen) atoms. The Morgan fingerprint density at radius 1 is 1.15 bits per heavy atom. The molecule has 2 N–H and O–H groups in total. The maximum atomic E-state index is 12.1. The third-order valence-electron chi connectivity index (χ3n) is 4.03. The molecule has 1 aliphatic rings. The predicted octanol–water partition coefficient (Wildman–Crippen LogP) is 2.81. The number of imide groups is 1. The number of urea groups is 1. The Bertz CT molecular complexity index is 661. The molecular formula is C18H23ClN2O5. The lowest BCUT2D eigenvalue weighted by Crippen LogP contribution is -2.47. The van der Waals surface area contributed by atoms with Crippen molar-refractivity contribution < 1.29 is 23.9 Å². The Kier molecular flexibility index (Phi) is 7.26. The summed E-state index contributed by atoms with van der Waals surface area (Å²) in [7, 11) is 0. The van der Waals surface area contributed by atoms with Crippen LogP contribution in [0, 0.1) is 0 Å². The second-order valence-corrected chi connectivity index (χ2v) is 6.68. The monoisotopic (exact) mass is 382 g/mol. The number of nitrogens with one attached hydrogen (secondary N) is 2. The number of halogens is 1. The second kappa shape index (κ2) is 9.43. The van der Waals surface area contributed by atoms with Crippen LogP contribution in [0.5, 0.6) is 5.75 Å². The molecule has 0 aromatic heterocycles. The highest BCUT2D eigenvalue weighted by molar-refractivity contribution is 6.30. The van der Waals surface area contributed by atoms with Gasteiger partial charge in [0, 0.05) is 11.1 Å². The Morgan fingerprint density at radius 2 is 1.85 bits per heavy atom. The molecular weight excluding hydrogens is 360 g/mol. The minimum atomic E-state index is -1.12. The van der Waals surface area contributed by atoms with Gasteiger partial charge in [0.1, 0.15) is 5.75 Å². The number of ether oxygens (including phenoxy) is 2. The zero-order valence-corrected chi connectivity index (χ0v) is 15.5. The number of amides is 3. The SMILES string of the molecule is CC(OC(=O)C(C)Oc1cccc(Cl)c1)C(=O)NC(=O)NC1CCCC1. The fourth-order valence-corrected chi connectivity index (χ4v) is 2.80. The molecule has 0 aliphatic heterocycles. The van der Waals surface area contributed by atoms with Gasteiger partial charge in [0.2, 0.25) is 0 Å². The van der Waals surface area contributed by atoms with Crippen LogP contribution < -0.4 is 15.4 Å². The van der Waals surface area contributed by atoms with Crippen molar-refractivity contribution in [2.45, 2.75) is 57.8 Å². The van der Waals surface area contributed by atoms with Gasteiger partial charge in [-0.1, -0.05) is 30.5 Å². The third kappa shape index (κ3) is 6.22. The summed E-state index contributed by atoms with van der Waals surface area (Å²) in [4.78, 5) is 35.8. The van der Waals surface area contributed by atoms with E-state index in [0.29, 0.717) is 10.8 Å². The van der Waals surface area contributed by atoms with Crippen molar-refractivity contribution in [1.82, 2.24) is 10.6 Å². The molecule has 0 bridgehead atoms. The highest BCUT2D eigenvalue weighted by Gasteiger charge is 2.25. The Morgan fingerprint density at radius 3 is 2.50 bits per heavy atom. The summed E-state index contributed by atoms with van der Waals surface area (Å²) >= 11 is 5.86. The molecule has 1 aliphatic carbocycles. The van der Waals surface area contributed by atoms with Gasteiger partial charge in [0.25, 0.3) is 5.91 Å². The van der Waals surface area contributed by atoms with Crippen LogP contribution in [0.25, 0.3) is 0 Å². The maximum absolute atomic E-state index is 12.1. The molecule has 2 atom stereocenters. The van der Waals surface area contributed by atoms with E-state index in [1.807, 2.05) is 0 Å². The van der Waals surface area contributed by atoms with Crippen LogP contribution in [-0.2, 0) is 14.3 Å². The van der Waals surface area contributed by atoms with Crippen molar-refractivity contribution in [1.29, 1.82) is 0 Å². The lowest BCUT2D eigenvalue weighted by Gasteiger charge is -2.18. The van der Waals surface area contributed by atoms with E-state index in [9.17, 15) is 14.4 Å². The van der Waals surface area contributed by atoms with Crippen molar-refractivity contribution in [3.05, 3.63) is 29.3 Å². The smallest absolute Gasteiger partial charge is 0.347 e. The minimum Gasteiger partial charge on any atom is -0.479 e. The topological polar surface area (TPSA) is 93.7 Å². The molecule has 2 unspecified atom stereocenters. The first-order valence-electron chi connectivity index (χ1n) is 8.59. The number of esters is 1. The van der Waals surface area contributed by atoms with E-state index >= 15 is 0 Å². The normalized spacial score (nSPS) is 16.4. The zero-order chi connectivity index (χ0) is 19.1. The summed E-state index contributed by atoms with van der Waals surface area (Å²) in [5.74, 6) is -0.998. The van der Waals surface area contributed by atoms with Crippen LogP contribution in [-0.4, -0.2) is 36.2 Å². The van der Waals surface area contributed by atoms with Crippen molar-refractivity contribution in [3.8, 4) is 5.75 Å². The van der Waals surface area contributed by atoms with Gasteiger partial charge in [-0.3, -0.25) is 10.1 Å². The maximum Gasteiger partial charge on any atom is 0.347 e. The lowest BCUT2D eigenvalue weighted by molar-refractivity contribution is -0.160. The number of benzene rings is 1. The lowest BCUT2D eigenvalue weighted by atomic mass is 10.2. The van der Waals surface area contributed by atoms with E-state index in [4.69, 9.17) is 21.1 Å². The summed E-state index contributed by atoms with van der Waals surface area (Å²) in [6.07, 6.45) is 1.89. The number of rotatable bonds is 6. The largest absolute Gasteiger partial charge is 0.479 e. The van der Waals surface area contributed by atoms with Gasteiger partial charge in [-0.05, 0) is 44.9 Å². The third-order valence-corrected chi connectivity index (χ3v) is 4.27. The van der Waals surface area contributed by atoms with E-state index in [1.54, 1.807) is 24.3 Å². The van der Waals surface area contributed by atoms with Crippen molar-refractivity contribution in [3.63, 3.8) is 0 Å². The molecule has 1 aromatic carbocycles. The average molecular weight is 383 g/mol. The standard InChI is InChI=1S/C18H23ClN2O5/c1-11(16(22)21-18(24)20-14-7-3-4-8-14)26-17(23)12(2)25-15-9-5-6-13(19)10-15/h5-6,9-12,14H,3-4,7-8H2,1-2H3,(H2,20,21,22,24). The van der Waals surface area contributed by atoms with Crippen molar-refractivity contribution >= 4 is 29.5 Å². The molecule has 2 rings (SSSR count). The number of carbonyl (C=O) groups excluding carboxylic acids is 3. The Labute approximate surface area is 157 Å². The summed E-state index contributed by atoms with van der Waals surface area (Å²) in [6.45, 7) is 2.89. The van der Waals surface area contributed by atoms with Gasteiger partial charge in [0.05, 0.1) is 0 Å². The average Bonchev–Trinajstić information content (AvgIpc) is 3.07. The van der Waals surface area contributed by atoms with Crippen LogP contribution in [0.1, 0.15) is 39.5 Å². The minimum absolute atomic E-state index is 0.0896. The molecule has 3 amide bonds. The van der Waals surface area contributed by atoms with Gasteiger partial charge < -0.3 is 14.8 Å². The van der Waals surface area contributed by atoms with Crippen LogP contribution in [0.4, 0.5) is 4.79 Å². The number of carbonyl (C=O) groups is 3. The highest BCUT2D eigenvalue weighted by Crippen LogP contribution is 2.19. The van der Waals surface area contributed by atoms with Crippen molar-refractivity contribution in [2.75, 3.05) is 0 Å². The van der Waals surface area contributed by atoms with Crippen LogP contribution in [0.2, 0.25) is 5.02 Å². The predicted molar refractivity (Wildman–Crippen MR) is 96.0 cm³/mol. The van der Waals surface area contributed by atoms with E-state index in [-0.39, 0.29) is 6.04 Å². The van der Waals surface area contributed by atoms with Gasteiger partial charge in [0.15, 0.2) is 12.2 Å². The fraction of sp³-hybridized carbons (Fsp3) is 0.500. The van der Waals surface area contributed by atoms with Crippen LogP contribution >= 0.6 is 11.6 Å². The molecule has 8 heteroatoms. The highest BCUT2D eigenvalue weighted by atomic mass is 35.5. The Balaban J connectivity index is 1.77. The fourth-order valence-electron chi connectivity index (χ4n) is 2.62. The van der Waals surface area contributed by atoms with E-state index in [1.165, 1.54) is 13.8 Å². The van der Waals surface area contributed by atoms with E-state index in [2.05, 4.69) is 10.6 Å². The molecule has 1 aromatic rings. The molecule has 0 spiro atoms. The van der Waals surface area contributed by atoms with Crippen LogP contribution in [0.15, 0.2) is 24.3 Å². The Hall–Kier alpha value is -2.28. The van der Waals surface area contributed by atoms with E-state index in [0.717, 1.165) is 25.7 Å². The first-order chi connectivity index (χ1) is 12.3. The van der Waals surface area contributed by atoms with Gasteiger partial charge in [-0.25, -0.2) is 9.59 Å². The zero-order valence-electron chi connectivity index (χ0n) is 14.8. The summed E-state index contributed by atoms with van der Waals surface area (Å²) in [6, 6.07) is 6.10. The van der Waals surface area contributed by atoms with E-state index < -0.39 is 30.1 Å². The number of hydrogen-bond donors (Lipinski definition) is 2.